The highest BCUT2D eigenvalue weighted by atomic mass is 19.2. The Hall–Kier alpha value is -3.30. The van der Waals surface area contributed by atoms with Gasteiger partial charge in [0, 0.05) is 48.3 Å². The van der Waals surface area contributed by atoms with Crippen molar-refractivity contribution in [1.82, 2.24) is 24.9 Å². The maximum absolute atomic E-state index is 13.5. The zero-order chi connectivity index (χ0) is 21.4. The zero-order valence-corrected chi connectivity index (χ0v) is 16.8. The van der Waals surface area contributed by atoms with Gasteiger partial charge in [-0.2, -0.15) is 9.50 Å². The van der Waals surface area contributed by atoms with Crippen LogP contribution in [-0.2, 0) is 11.2 Å². The fraction of sp³-hybridized carbons (Fsp3) is 0.400. The van der Waals surface area contributed by atoms with E-state index in [-0.39, 0.29) is 24.2 Å². The number of halogens is 2. The van der Waals surface area contributed by atoms with Gasteiger partial charge in [-0.3, -0.25) is 4.79 Å². The molecule has 30 heavy (non-hydrogen) atoms. The van der Waals surface area contributed by atoms with Gasteiger partial charge in [-0.1, -0.05) is 0 Å². The Balaban J connectivity index is 1.35. The lowest BCUT2D eigenvalue weighted by atomic mass is 10.1. The minimum atomic E-state index is -0.853. The number of hydrogen-bond donors (Lipinski definition) is 2. The molecule has 1 atom stereocenters. The third-order valence-corrected chi connectivity index (χ3v) is 5.54. The summed E-state index contributed by atoms with van der Waals surface area (Å²) in [6.45, 7) is 5.61. The number of nitrogens with one attached hydrogen (secondary N) is 1. The Morgan fingerprint density at radius 3 is 2.83 bits per heavy atom. The first-order valence-corrected chi connectivity index (χ1v) is 9.77. The predicted octanol–water partition coefficient (Wildman–Crippen LogP) is 1.79. The molecule has 158 valence electrons. The van der Waals surface area contributed by atoms with Gasteiger partial charge in [0.05, 0.1) is 6.42 Å². The molecule has 3 aromatic rings. The number of aryl methyl sites for hydroxylation is 2. The maximum atomic E-state index is 13.5. The highest BCUT2D eigenvalue weighted by molar-refractivity contribution is 5.79. The molecule has 3 heterocycles. The van der Waals surface area contributed by atoms with E-state index in [1.165, 1.54) is 6.07 Å². The van der Waals surface area contributed by atoms with E-state index in [1.807, 2.05) is 18.7 Å². The Morgan fingerprint density at radius 2 is 2.07 bits per heavy atom. The summed E-state index contributed by atoms with van der Waals surface area (Å²) in [5.74, 6) is -1.03. The highest BCUT2D eigenvalue weighted by Gasteiger charge is 2.24. The van der Waals surface area contributed by atoms with Crippen molar-refractivity contribution < 1.29 is 13.6 Å². The number of fused-ring (bicyclic) bond motifs is 1. The molecule has 0 spiro atoms. The lowest BCUT2D eigenvalue weighted by Crippen LogP contribution is -2.32. The summed E-state index contributed by atoms with van der Waals surface area (Å²) in [5.41, 5.74) is 8.58. The first-order chi connectivity index (χ1) is 14.3. The van der Waals surface area contributed by atoms with Crippen molar-refractivity contribution >= 4 is 23.3 Å². The van der Waals surface area contributed by atoms with Crippen LogP contribution in [0.25, 0.3) is 5.78 Å². The number of nitrogens with zero attached hydrogens (tertiary/aromatic N) is 5. The molecule has 1 aliphatic rings. The summed E-state index contributed by atoms with van der Waals surface area (Å²) in [7, 11) is 0. The Morgan fingerprint density at radius 1 is 1.27 bits per heavy atom. The fourth-order valence-electron chi connectivity index (χ4n) is 3.88. The topological polar surface area (TPSA) is 101 Å². The van der Waals surface area contributed by atoms with Gasteiger partial charge in [0.2, 0.25) is 11.9 Å². The van der Waals surface area contributed by atoms with E-state index < -0.39 is 11.6 Å². The molecule has 0 aliphatic carbocycles. The largest absolute Gasteiger partial charge is 0.371 e. The SMILES string of the molecule is Cc1nc2nc(N)nn2c(C)c1CC(=O)NCC1CCN(c2ccc(F)c(F)c2)C1. The Labute approximate surface area is 172 Å². The molecule has 0 radical (unpaired) electrons. The molecule has 3 N–H and O–H groups in total. The van der Waals surface area contributed by atoms with Crippen LogP contribution in [-0.4, -0.2) is 45.1 Å². The second kappa shape index (κ2) is 7.85. The molecule has 1 aromatic carbocycles. The van der Waals surface area contributed by atoms with Gasteiger partial charge < -0.3 is 16.0 Å². The van der Waals surface area contributed by atoms with Gasteiger partial charge in [-0.05, 0) is 38.3 Å². The summed E-state index contributed by atoms with van der Waals surface area (Å²) in [6, 6.07) is 3.92. The molecule has 2 aromatic heterocycles. The smallest absolute Gasteiger partial charge is 0.254 e. The monoisotopic (exact) mass is 415 g/mol. The fourth-order valence-corrected chi connectivity index (χ4v) is 3.88. The van der Waals surface area contributed by atoms with E-state index >= 15 is 0 Å². The number of carbonyl (C=O) groups excluding carboxylic acids is 1. The van der Waals surface area contributed by atoms with E-state index in [1.54, 1.807) is 10.6 Å². The maximum Gasteiger partial charge on any atom is 0.254 e. The van der Waals surface area contributed by atoms with Gasteiger partial charge in [-0.15, -0.1) is 5.10 Å². The quantitative estimate of drug-likeness (QED) is 0.659. The van der Waals surface area contributed by atoms with Crippen molar-refractivity contribution in [2.24, 2.45) is 5.92 Å². The van der Waals surface area contributed by atoms with Gasteiger partial charge in [0.15, 0.2) is 11.6 Å². The minimum Gasteiger partial charge on any atom is -0.371 e. The second-order valence-corrected chi connectivity index (χ2v) is 7.62. The van der Waals surface area contributed by atoms with E-state index in [4.69, 9.17) is 5.73 Å². The Kier molecular flexibility index (Phi) is 5.23. The lowest BCUT2D eigenvalue weighted by molar-refractivity contribution is -0.120. The summed E-state index contributed by atoms with van der Waals surface area (Å²) >= 11 is 0. The number of benzene rings is 1. The third-order valence-electron chi connectivity index (χ3n) is 5.54. The van der Waals surface area contributed by atoms with Gasteiger partial charge in [-0.25, -0.2) is 13.8 Å². The van der Waals surface area contributed by atoms with E-state index in [9.17, 15) is 13.6 Å². The van der Waals surface area contributed by atoms with E-state index in [2.05, 4.69) is 20.4 Å². The van der Waals surface area contributed by atoms with Crippen LogP contribution in [0.2, 0.25) is 0 Å². The average Bonchev–Trinajstić information content (AvgIpc) is 3.32. The van der Waals surface area contributed by atoms with Crippen molar-refractivity contribution in [2.75, 3.05) is 30.3 Å². The van der Waals surface area contributed by atoms with Crippen LogP contribution in [0.5, 0.6) is 0 Å². The summed E-state index contributed by atoms with van der Waals surface area (Å²) in [4.78, 5) is 23.0. The van der Waals surface area contributed by atoms with Gasteiger partial charge in [0.1, 0.15) is 0 Å². The van der Waals surface area contributed by atoms with Gasteiger partial charge >= 0.3 is 0 Å². The molecular weight excluding hydrogens is 392 g/mol. The summed E-state index contributed by atoms with van der Waals surface area (Å²) in [6.07, 6.45) is 1.04. The second-order valence-electron chi connectivity index (χ2n) is 7.62. The molecule has 1 unspecified atom stereocenters. The van der Waals surface area contributed by atoms with E-state index in [0.29, 0.717) is 30.2 Å². The van der Waals surface area contributed by atoms with Crippen LogP contribution in [0.15, 0.2) is 18.2 Å². The molecule has 0 bridgehead atoms. The Bertz CT molecular complexity index is 1110. The number of rotatable bonds is 5. The van der Waals surface area contributed by atoms with Crippen LogP contribution in [0.3, 0.4) is 0 Å². The van der Waals surface area contributed by atoms with Crippen LogP contribution >= 0.6 is 0 Å². The number of amides is 1. The van der Waals surface area contributed by atoms with Crippen molar-refractivity contribution in [1.29, 1.82) is 0 Å². The van der Waals surface area contributed by atoms with Crippen molar-refractivity contribution in [3.8, 4) is 0 Å². The number of nitrogen functional groups attached to an aromatic ring is 1. The normalized spacial score (nSPS) is 16.4. The van der Waals surface area contributed by atoms with Crippen LogP contribution in [0, 0.1) is 31.4 Å². The first kappa shape index (κ1) is 20.0. The number of anilines is 2. The first-order valence-electron chi connectivity index (χ1n) is 9.77. The van der Waals surface area contributed by atoms with Crippen LogP contribution in [0.1, 0.15) is 23.4 Å². The van der Waals surface area contributed by atoms with Gasteiger partial charge in [0.25, 0.3) is 5.78 Å². The molecule has 4 rings (SSSR count). The molecule has 8 nitrogen and oxygen atoms in total. The number of aromatic nitrogens is 4. The van der Waals surface area contributed by atoms with Crippen molar-refractivity contribution in [3.05, 3.63) is 46.8 Å². The van der Waals surface area contributed by atoms with E-state index in [0.717, 1.165) is 30.3 Å². The van der Waals surface area contributed by atoms with Crippen LogP contribution in [0.4, 0.5) is 20.4 Å². The molecule has 0 saturated carbocycles. The predicted molar refractivity (Wildman–Crippen MR) is 108 cm³/mol. The highest BCUT2D eigenvalue weighted by Crippen LogP contribution is 2.25. The zero-order valence-electron chi connectivity index (χ0n) is 16.8. The lowest BCUT2D eigenvalue weighted by Gasteiger charge is -2.19. The molecule has 10 heteroatoms. The standard InChI is InChI=1S/C20H23F2N7O/c1-11-15(12(2)29-20(25-11)26-19(23)27-29)8-18(30)24-9-13-5-6-28(10-13)14-3-4-16(21)17(22)7-14/h3-4,7,13H,5-6,8-10H2,1-2H3,(H2,23,27)(H,24,30). The molecule has 1 amide bonds. The molecule has 1 aliphatic heterocycles. The molecular formula is C20H23F2N7O. The van der Waals surface area contributed by atoms with Crippen molar-refractivity contribution in [2.45, 2.75) is 26.7 Å². The van der Waals surface area contributed by atoms with Crippen molar-refractivity contribution in [3.63, 3.8) is 0 Å². The number of hydrogen-bond acceptors (Lipinski definition) is 6. The number of carbonyl (C=O) groups is 1. The number of nitrogens with two attached hydrogens (primary N) is 1. The average molecular weight is 415 g/mol. The summed E-state index contributed by atoms with van der Waals surface area (Å²) in [5, 5.41) is 7.09. The minimum absolute atomic E-state index is 0.110. The molecule has 1 fully saturated rings. The molecule has 1 saturated heterocycles. The third kappa shape index (κ3) is 3.89. The summed E-state index contributed by atoms with van der Waals surface area (Å²) < 4.78 is 28.2. The van der Waals surface area contributed by atoms with Crippen LogP contribution < -0.4 is 16.0 Å².